The molecule has 7 nitrogen and oxygen atoms in total. The summed E-state index contributed by atoms with van der Waals surface area (Å²) in [7, 11) is 1.49. The maximum Gasteiger partial charge on any atom is 0.318 e. The first kappa shape index (κ1) is 15.8. The lowest BCUT2D eigenvalue weighted by atomic mass is 10.1. The molecule has 1 aromatic rings. The normalized spacial score (nSPS) is 13.2. The molecule has 0 fully saturated rings. The van der Waals surface area contributed by atoms with Gasteiger partial charge in [-0.25, -0.2) is 4.79 Å². The molecule has 110 valence electrons. The molecule has 7 heteroatoms. The summed E-state index contributed by atoms with van der Waals surface area (Å²) >= 11 is 0. The van der Waals surface area contributed by atoms with E-state index in [0.717, 1.165) is 0 Å². The molecule has 2 atom stereocenters. The number of nitrogens with two attached hydrogens (primary N) is 1. The van der Waals surface area contributed by atoms with E-state index in [4.69, 9.17) is 15.2 Å². The van der Waals surface area contributed by atoms with Gasteiger partial charge in [-0.3, -0.25) is 10.1 Å². The van der Waals surface area contributed by atoms with Crippen molar-refractivity contribution in [2.45, 2.75) is 26.1 Å². The lowest BCUT2D eigenvalue weighted by Gasteiger charge is -2.18. The summed E-state index contributed by atoms with van der Waals surface area (Å²) < 4.78 is 10.5. The van der Waals surface area contributed by atoms with E-state index in [1.54, 1.807) is 25.1 Å². The topological polar surface area (TPSA) is 111 Å². The fourth-order valence-electron chi connectivity index (χ4n) is 1.56. The second kappa shape index (κ2) is 6.76. The van der Waals surface area contributed by atoms with Gasteiger partial charge in [-0.05, 0) is 26.0 Å². The van der Waals surface area contributed by atoms with Crippen LogP contribution in [0.4, 0.5) is 4.79 Å². The van der Waals surface area contributed by atoms with Crippen LogP contribution in [0.5, 0.6) is 11.5 Å². The number of ether oxygens (including phenoxy) is 2. The second-order valence-electron chi connectivity index (χ2n) is 4.19. The number of carbonyl (C=O) groups excluding carboxylic acids is 2. The number of rotatable bonds is 5. The SMILES string of the molecule is COc1ccc(C(C)O)c(OC(C)C(=O)NC(N)=O)c1. The number of hydrogen-bond acceptors (Lipinski definition) is 5. The van der Waals surface area contributed by atoms with Crippen molar-refractivity contribution in [2.75, 3.05) is 7.11 Å². The second-order valence-corrected chi connectivity index (χ2v) is 4.19. The van der Waals surface area contributed by atoms with Gasteiger partial charge in [0.2, 0.25) is 0 Å². The Kier molecular flexibility index (Phi) is 5.33. The first-order chi connectivity index (χ1) is 9.35. The summed E-state index contributed by atoms with van der Waals surface area (Å²) in [4.78, 5) is 22.2. The van der Waals surface area contributed by atoms with E-state index in [9.17, 15) is 14.7 Å². The molecule has 0 radical (unpaired) electrons. The van der Waals surface area contributed by atoms with Crippen molar-refractivity contribution in [3.05, 3.63) is 23.8 Å². The molecule has 4 N–H and O–H groups in total. The van der Waals surface area contributed by atoms with E-state index < -0.39 is 24.1 Å². The molecular weight excluding hydrogens is 264 g/mol. The van der Waals surface area contributed by atoms with Crippen molar-refractivity contribution in [1.29, 1.82) is 0 Å². The maximum absolute atomic E-state index is 11.6. The quantitative estimate of drug-likeness (QED) is 0.736. The van der Waals surface area contributed by atoms with Crippen LogP contribution in [0.15, 0.2) is 18.2 Å². The Morgan fingerprint density at radius 2 is 2.00 bits per heavy atom. The monoisotopic (exact) mass is 282 g/mol. The summed E-state index contributed by atoms with van der Waals surface area (Å²) in [5.74, 6) is 0.148. The standard InChI is InChI=1S/C13H18N2O5/c1-7(16)10-5-4-9(19-3)6-11(10)20-8(2)12(17)15-13(14)18/h4-8,16H,1-3H3,(H3,14,15,17,18). The number of aliphatic hydroxyl groups is 1. The molecule has 0 aliphatic rings. The van der Waals surface area contributed by atoms with Gasteiger partial charge in [0.1, 0.15) is 11.5 Å². The first-order valence-electron chi connectivity index (χ1n) is 5.98. The average molecular weight is 282 g/mol. The summed E-state index contributed by atoms with van der Waals surface area (Å²) in [6.45, 7) is 3.03. The number of hydrogen-bond donors (Lipinski definition) is 3. The smallest absolute Gasteiger partial charge is 0.318 e. The third kappa shape index (κ3) is 4.13. The molecule has 20 heavy (non-hydrogen) atoms. The molecule has 0 saturated heterocycles. The maximum atomic E-state index is 11.6. The van der Waals surface area contributed by atoms with Crippen LogP contribution in [-0.4, -0.2) is 30.3 Å². The first-order valence-corrected chi connectivity index (χ1v) is 5.98. The van der Waals surface area contributed by atoms with Crippen LogP contribution in [-0.2, 0) is 4.79 Å². The zero-order valence-corrected chi connectivity index (χ0v) is 11.5. The Morgan fingerprint density at radius 3 is 2.50 bits per heavy atom. The molecule has 0 aliphatic carbocycles. The van der Waals surface area contributed by atoms with Gasteiger partial charge in [0, 0.05) is 11.6 Å². The summed E-state index contributed by atoms with van der Waals surface area (Å²) in [5.41, 5.74) is 5.37. The van der Waals surface area contributed by atoms with Gasteiger partial charge in [0.05, 0.1) is 13.2 Å². The molecule has 0 bridgehead atoms. The van der Waals surface area contributed by atoms with Crippen LogP contribution in [0, 0.1) is 0 Å². The van der Waals surface area contributed by atoms with Crippen LogP contribution in [0.1, 0.15) is 25.5 Å². The molecule has 1 rings (SSSR count). The van der Waals surface area contributed by atoms with Gasteiger partial charge in [-0.1, -0.05) is 0 Å². The van der Waals surface area contributed by atoms with E-state index in [0.29, 0.717) is 17.1 Å². The molecule has 3 amide bonds. The van der Waals surface area contributed by atoms with Crippen LogP contribution >= 0.6 is 0 Å². The van der Waals surface area contributed by atoms with Gasteiger partial charge in [0.15, 0.2) is 6.10 Å². The number of aliphatic hydroxyl groups excluding tert-OH is 1. The van der Waals surface area contributed by atoms with E-state index in [-0.39, 0.29) is 0 Å². The van der Waals surface area contributed by atoms with E-state index in [1.165, 1.54) is 14.0 Å². The fourth-order valence-corrected chi connectivity index (χ4v) is 1.56. The minimum atomic E-state index is -0.952. The number of benzene rings is 1. The highest BCUT2D eigenvalue weighted by Crippen LogP contribution is 2.30. The molecule has 0 aliphatic heterocycles. The highest BCUT2D eigenvalue weighted by molar-refractivity contribution is 5.95. The van der Waals surface area contributed by atoms with Crippen molar-refractivity contribution < 1.29 is 24.2 Å². The highest BCUT2D eigenvalue weighted by Gasteiger charge is 2.19. The predicted molar refractivity (Wildman–Crippen MR) is 71.4 cm³/mol. The lowest BCUT2D eigenvalue weighted by Crippen LogP contribution is -2.42. The van der Waals surface area contributed by atoms with E-state index in [1.807, 2.05) is 5.32 Å². The average Bonchev–Trinajstić information content (AvgIpc) is 2.37. The van der Waals surface area contributed by atoms with Crippen LogP contribution in [0.3, 0.4) is 0 Å². The Balaban J connectivity index is 2.94. The minimum Gasteiger partial charge on any atom is -0.497 e. The minimum absolute atomic E-state index is 0.298. The number of nitrogens with one attached hydrogen (secondary N) is 1. The molecular formula is C13H18N2O5. The third-order valence-electron chi connectivity index (χ3n) is 2.59. The van der Waals surface area contributed by atoms with Gasteiger partial charge in [0.25, 0.3) is 5.91 Å². The van der Waals surface area contributed by atoms with Crippen molar-refractivity contribution in [2.24, 2.45) is 5.73 Å². The van der Waals surface area contributed by atoms with Crippen molar-refractivity contribution in [3.8, 4) is 11.5 Å². The lowest BCUT2D eigenvalue weighted by molar-refractivity contribution is -0.126. The summed E-state index contributed by atoms with van der Waals surface area (Å²) in [5, 5.41) is 11.6. The zero-order chi connectivity index (χ0) is 15.3. The summed E-state index contributed by atoms with van der Waals surface area (Å²) in [6.07, 6.45) is -1.73. The van der Waals surface area contributed by atoms with Crippen LogP contribution < -0.4 is 20.5 Å². The molecule has 0 heterocycles. The molecule has 0 spiro atoms. The highest BCUT2D eigenvalue weighted by atomic mass is 16.5. The Morgan fingerprint density at radius 1 is 1.35 bits per heavy atom. The molecule has 0 aromatic heterocycles. The molecule has 0 saturated carbocycles. The fraction of sp³-hybridized carbons (Fsp3) is 0.385. The van der Waals surface area contributed by atoms with Gasteiger partial charge >= 0.3 is 6.03 Å². The van der Waals surface area contributed by atoms with Gasteiger partial charge in [-0.15, -0.1) is 0 Å². The Bertz CT molecular complexity index is 502. The molecule has 2 unspecified atom stereocenters. The zero-order valence-electron chi connectivity index (χ0n) is 11.5. The van der Waals surface area contributed by atoms with E-state index >= 15 is 0 Å². The Labute approximate surface area is 116 Å². The third-order valence-corrected chi connectivity index (χ3v) is 2.59. The number of imide groups is 1. The van der Waals surface area contributed by atoms with Crippen molar-refractivity contribution in [1.82, 2.24) is 5.32 Å². The van der Waals surface area contributed by atoms with Crippen molar-refractivity contribution in [3.63, 3.8) is 0 Å². The Hall–Kier alpha value is -2.28. The number of methoxy groups -OCH3 is 1. The van der Waals surface area contributed by atoms with Gasteiger partial charge in [-0.2, -0.15) is 0 Å². The van der Waals surface area contributed by atoms with Crippen LogP contribution in [0.25, 0.3) is 0 Å². The number of amides is 3. The van der Waals surface area contributed by atoms with Crippen LogP contribution in [0.2, 0.25) is 0 Å². The largest absolute Gasteiger partial charge is 0.497 e. The number of urea groups is 1. The number of carbonyl (C=O) groups is 2. The predicted octanol–water partition coefficient (Wildman–Crippen LogP) is 0.711. The van der Waals surface area contributed by atoms with Gasteiger partial charge < -0.3 is 20.3 Å². The van der Waals surface area contributed by atoms with E-state index in [2.05, 4.69) is 0 Å². The number of primary amides is 1. The summed E-state index contributed by atoms with van der Waals surface area (Å²) in [6, 6.07) is 3.91. The van der Waals surface area contributed by atoms with Crippen molar-refractivity contribution >= 4 is 11.9 Å². The molecule has 1 aromatic carbocycles.